The number of alkyl halides is 1. The number of benzene rings is 1. The van der Waals surface area contributed by atoms with Gasteiger partial charge in [-0.25, -0.2) is 9.37 Å². The van der Waals surface area contributed by atoms with Gasteiger partial charge in [0, 0.05) is 59.6 Å². The van der Waals surface area contributed by atoms with Gasteiger partial charge >= 0.3 is 0 Å². The van der Waals surface area contributed by atoms with Gasteiger partial charge in [0.2, 0.25) is 5.95 Å². The van der Waals surface area contributed by atoms with E-state index in [1.165, 1.54) is 0 Å². The number of hydrogen-bond acceptors (Lipinski definition) is 6. The summed E-state index contributed by atoms with van der Waals surface area (Å²) in [6, 6.07) is 10.3. The number of H-pyrrole nitrogens is 1. The van der Waals surface area contributed by atoms with Crippen LogP contribution in [0.2, 0.25) is 0 Å². The standard InChI is InChI=1S/C29H37FN8/c1-5-33-29(13-17-37(2)3)12-10-20(18-25(29)31-16-14-30)34-28-35-26(22-11-15-32-27(22)36-28)23-19-38(4)24-9-7-6-8-21(23)24/h6-12,15,18-19,25,31,33H,5,13-14,16-17H2,1-4H3,(H2,32,34,35,36). The first kappa shape index (κ1) is 26.1. The van der Waals surface area contributed by atoms with Crippen LogP contribution in [0.1, 0.15) is 13.3 Å². The van der Waals surface area contributed by atoms with E-state index in [0.29, 0.717) is 5.95 Å². The Labute approximate surface area is 223 Å². The molecule has 0 bridgehead atoms. The molecular formula is C29H37FN8. The normalized spacial score (nSPS) is 19.5. The number of nitrogens with one attached hydrogen (secondary N) is 4. The average molecular weight is 517 g/mol. The van der Waals surface area contributed by atoms with Gasteiger partial charge in [-0.05, 0) is 57.9 Å². The number of aromatic amines is 1. The Bertz CT molecular complexity index is 1470. The van der Waals surface area contributed by atoms with E-state index in [4.69, 9.17) is 9.97 Å². The lowest BCUT2D eigenvalue weighted by molar-refractivity contribution is 0.264. The summed E-state index contributed by atoms with van der Waals surface area (Å²) in [7, 11) is 6.19. The van der Waals surface area contributed by atoms with Crippen LogP contribution in [0.3, 0.4) is 0 Å². The molecule has 3 aromatic heterocycles. The minimum Gasteiger partial charge on any atom is -0.350 e. The molecule has 0 spiro atoms. The largest absolute Gasteiger partial charge is 0.350 e. The summed E-state index contributed by atoms with van der Waals surface area (Å²) in [5.41, 5.74) is 4.40. The summed E-state index contributed by atoms with van der Waals surface area (Å²) in [5.74, 6) is 0.507. The van der Waals surface area contributed by atoms with Crippen LogP contribution >= 0.6 is 0 Å². The van der Waals surface area contributed by atoms with E-state index >= 15 is 0 Å². The van der Waals surface area contributed by atoms with Crippen molar-refractivity contribution in [1.82, 2.24) is 35.1 Å². The number of hydrogen-bond donors (Lipinski definition) is 4. The van der Waals surface area contributed by atoms with Crippen LogP contribution in [0.15, 0.2) is 66.7 Å². The lowest BCUT2D eigenvalue weighted by atomic mass is 9.82. The summed E-state index contributed by atoms with van der Waals surface area (Å²) in [4.78, 5) is 15.2. The topological polar surface area (TPSA) is 85.8 Å². The molecule has 2 unspecified atom stereocenters. The van der Waals surface area contributed by atoms with Gasteiger partial charge in [-0.15, -0.1) is 0 Å². The van der Waals surface area contributed by atoms with Crippen LogP contribution in [0, 0.1) is 0 Å². The molecule has 0 amide bonds. The zero-order valence-corrected chi connectivity index (χ0v) is 22.6. The summed E-state index contributed by atoms with van der Waals surface area (Å²) in [6.45, 7) is 3.68. The highest BCUT2D eigenvalue weighted by atomic mass is 19.1. The number of nitrogens with zero attached hydrogens (tertiary/aromatic N) is 4. The number of anilines is 1. The molecule has 4 N–H and O–H groups in total. The van der Waals surface area contributed by atoms with Gasteiger partial charge in [0.15, 0.2) is 0 Å². The minimum atomic E-state index is -0.423. The molecule has 38 heavy (non-hydrogen) atoms. The molecule has 1 aromatic carbocycles. The lowest BCUT2D eigenvalue weighted by Gasteiger charge is -2.41. The number of allylic oxidation sites excluding steroid dienone is 1. The Kier molecular flexibility index (Phi) is 7.60. The Balaban J connectivity index is 1.51. The van der Waals surface area contributed by atoms with Crippen LogP contribution in [0.5, 0.6) is 0 Å². The van der Waals surface area contributed by atoms with E-state index in [2.05, 4.69) is 101 Å². The molecule has 0 aliphatic heterocycles. The van der Waals surface area contributed by atoms with E-state index in [-0.39, 0.29) is 18.1 Å². The van der Waals surface area contributed by atoms with E-state index in [0.717, 1.165) is 58.4 Å². The van der Waals surface area contributed by atoms with Crippen LogP contribution in [-0.4, -0.2) is 76.4 Å². The number of fused-ring (bicyclic) bond motifs is 2. The first-order valence-electron chi connectivity index (χ1n) is 13.2. The van der Waals surface area contributed by atoms with Crippen molar-refractivity contribution in [3.05, 3.63) is 66.7 Å². The molecule has 9 heteroatoms. The zero-order valence-electron chi connectivity index (χ0n) is 22.6. The van der Waals surface area contributed by atoms with Crippen LogP contribution in [-0.2, 0) is 7.05 Å². The molecule has 0 saturated carbocycles. The van der Waals surface area contributed by atoms with Gasteiger partial charge < -0.3 is 30.4 Å². The van der Waals surface area contributed by atoms with Crippen molar-refractivity contribution in [2.24, 2.45) is 7.05 Å². The SMILES string of the molecule is CCNC1(CCN(C)C)C=CC(Nc2nc(-c3cn(C)c4ccccc34)c3cc[nH]c3n2)=CC1NCCF. The number of halogens is 1. The van der Waals surface area contributed by atoms with Gasteiger partial charge in [0.25, 0.3) is 0 Å². The maximum Gasteiger partial charge on any atom is 0.229 e. The second-order valence-electron chi connectivity index (χ2n) is 10.1. The smallest absolute Gasteiger partial charge is 0.229 e. The maximum atomic E-state index is 13.2. The van der Waals surface area contributed by atoms with Gasteiger partial charge in [0.1, 0.15) is 12.3 Å². The summed E-state index contributed by atoms with van der Waals surface area (Å²) >= 11 is 0. The second kappa shape index (κ2) is 11.1. The van der Waals surface area contributed by atoms with Crippen molar-refractivity contribution >= 4 is 27.9 Å². The molecule has 1 aliphatic rings. The Morgan fingerprint density at radius 2 is 2.00 bits per heavy atom. The van der Waals surface area contributed by atoms with Gasteiger partial charge in [-0.2, -0.15) is 4.98 Å². The van der Waals surface area contributed by atoms with Crippen molar-refractivity contribution in [2.75, 3.05) is 45.7 Å². The van der Waals surface area contributed by atoms with E-state index in [1.54, 1.807) is 0 Å². The highest BCUT2D eigenvalue weighted by Crippen LogP contribution is 2.34. The molecular weight excluding hydrogens is 479 g/mol. The van der Waals surface area contributed by atoms with E-state index < -0.39 is 6.67 Å². The van der Waals surface area contributed by atoms with Gasteiger partial charge in [-0.3, -0.25) is 0 Å². The Morgan fingerprint density at radius 3 is 2.79 bits per heavy atom. The second-order valence-corrected chi connectivity index (χ2v) is 10.1. The molecule has 4 aromatic rings. The summed E-state index contributed by atoms with van der Waals surface area (Å²) in [6.07, 6.45) is 11.3. The zero-order chi connectivity index (χ0) is 26.7. The van der Waals surface area contributed by atoms with Crippen LogP contribution in [0.4, 0.5) is 10.3 Å². The highest BCUT2D eigenvalue weighted by Gasteiger charge is 2.36. The Hall–Kier alpha value is -3.53. The summed E-state index contributed by atoms with van der Waals surface area (Å²) < 4.78 is 15.3. The van der Waals surface area contributed by atoms with Crippen molar-refractivity contribution in [1.29, 1.82) is 0 Å². The Morgan fingerprint density at radius 1 is 1.16 bits per heavy atom. The van der Waals surface area contributed by atoms with Crippen molar-refractivity contribution in [3.8, 4) is 11.3 Å². The molecule has 0 radical (unpaired) electrons. The monoisotopic (exact) mass is 516 g/mol. The maximum absolute atomic E-state index is 13.2. The van der Waals surface area contributed by atoms with Crippen molar-refractivity contribution in [2.45, 2.75) is 24.9 Å². The van der Waals surface area contributed by atoms with E-state index in [9.17, 15) is 4.39 Å². The first-order chi connectivity index (χ1) is 18.4. The number of rotatable bonds is 11. The molecule has 1 aliphatic carbocycles. The van der Waals surface area contributed by atoms with Crippen molar-refractivity contribution in [3.63, 3.8) is 0 Å². The fourth-order valence-electron chi connectivity index (χ4n) is 5.36. The molecule has 3 heterocycles. The lowest BCUT2D eigenvalue weighted by Crippen LogP contribution is -2.60. The van der Waals surface area contributed by atoms with Crippen LogP contribution in [0.25, 0.3) is 33.2 Å². The summed E-state index contributed by atoms with van der Waals surface area (Å²) in [5, 5.41) is 12.6. The van der Waals surface area contributed by atoms with Gasteiger partial charge in [0.05, 0.1) is 11.2 Å². The molecule has 0 saturated heterocycles. The third kappa shape index (κ3) is 5.09. The molecule has 0 fully saturated rings. The number of para-hydroxylation sites is 1. The van der Waals surface area contributed by atoms with Crippen LogP contribution < -0.4 is 16.0 Å². The number of likely N-dealkylation sites (N-methyl/N-ethyl adjacent to an activating group) is 1. The fraction of sp³-hybridized carbons (Fsp3) is 0.379. The predicted octanol–water partition coefficient (Wildman–Crippen LogP) is 4.21. The van der Waals surface area contributed by atoms with Gasteiger partial charge in [-0.1, -0.05) is 31.2 Å². The number of aryl methyl sites for hydroxylation is 1. The fourth-order valence-corrected chi connectivity index (χ4v) is 5.36. The molecule has 200 valence electrons. The molecule has 5 rings (SSSR count). The quantitative estimate of drug-likeness (QED) is 0.239. The first-order valence-corrected chi connectivity index (χ1v) is 13.2. The molecule has 2 atom stereocenters. The predicted molar refractivity (Wildman–Crippen MR) is 154 cm³/mol. The third-order valence-electron chi connectivity index (χ3n) is 7.22. The minimum absolute atomic E-state index is 0.0996. The number of aromatic nitrogens is 4. The highest BCUT2D eigenvalue weighted by molar-refractivity contribution is 6.02. The average Bonchev–Trinajstić information content (AvgIpc) is 3.52. The molecule has 8 nitrogen and oxygen atoms in total. The third-order valence-corrected chi connectivity index (χ3v) is 7.22. The van der Waals surface area contributed by atoms with Crippen molar-refractivity contribution < 1.29 is 4.39 Å². The van der Waals surface area contributed by atoms with E-state index in [1.807, 2.05) is 18.3 Å².